The van der Waals surface area contributed by atoms with Crippen molar-refractivity contribution in [3.63, 3.8) is 0 Å². The summed E-state index contributed by atoms with van der Waals surface area (Å²) in [7, 11) is 0. The van der Waals surface area contributed by atoms with E-state index < -0.39 is 65.0 Å². The molecule has 1 aliphatic rings. The summed E-state index contributed by atoms with van der Waals surface area (Å²) in [5.74, 6) is -13.8. The van der Waals surface area contributed by atoms with Crippen LogP contribution in [-0.4, -0.2) is 33.9 Å². The number of nitrogens with one attached hydrogen (secondary N) is 1. The third-order valence-corrected chi connectivity index (χ3v) is 8.68. The SMILES string of the molecule is CC1C(CSc2ccccc2C(=O)O)OC(c2ccc(NC(=O)c3c(F)c(F)c(F)c(F)c3F)cc2)OC1c1ccc(CO)cc1. The standard InChI is InChI=1S/C33H26F5NO6S/c1-16-22(15-46-23-5-3-2-4-21(23)32(42)43)44-33(45-30(16)18-8-6-17(14-40)7-9-18)19-10-12-20(13-11-19)39-31(41)24-25(34)27(36)29(38)28(37)26(24)35/h2-13,16,22,30,33,40H,14-15H2,1H3,(H,39,41)(H,42,43). The molecule has 46 heavy (non-hydrogen) atoms. The molecule has 7 nitrogen and oxygen atoms in total. The third kappa shape index (κ3) is 6.77. The first-order chi connectivity index (χ1) is 22.0. The molecule has 1 fully saturated rings. The second kappa shape index (κ2) is 14.0. The predicted molar refractivity (Wildman–Crippen MR) is 158 cm³/mol. The van der Waals surface area contributed by atoms with E-state index >= 15 is 0 Å². The molecular weight excluding hydrogens is 633 g/mol. The first kappa shape index (κ1) is 33.1. The zero-order chi connectivity index (χ0) is 33.1. The monoisotopic (exact) mass is 659 g/mol. The number of rotatable bonds is 9. The van der Waals surface area contributed by atoms with Gasteiger partial charge in [-0.1, -0.05) is 55.5 Å². The Balaban J connectivity index is 1.38. The van der Waals surface area contributed by atoms with Gasteiger partial charge in [0, 0.05) is 27.8 Å². The highest BCUT2D eigenvalue weighted by atomic mass is 32.2. The second-order valence-corrected chi connectivity index (χ2v) is 11.5. The normalized spacial score (nSPS) is 19.5. The summed E-state index contributed by atoms with van der Waals surface area (Å²) in [4.78, 5) is 24.8. The molecule has 1 heterocycles. The molecule has 5 rings (SSSR count). The Hall–Kier alpha value is -4.30. The van der Waals surface area contributed by atoms with E-state index in [1.807, 2.05) is 19.1 Å². The number of thioether (sulfide) groups is 1. The number of carboxylic acid groups (broad SMARTS) is 1. The molecule has 4 aromatic rings. The molecule has 0 aromatic heterocycles. The molecule has 1 aliphatic heterocycles. The topological polar surface area (TPSA) is 105 Å². The maximum absolute atomic E-state index is 14.1. The van der Waals surface area contributed by atoms with Gasteiger partial charge < -0.3 is 25.0 Å². The van der Waals surface area contributed by atoms with Gasteiger partial charge in [0.05, 0.1) is 24.4 Å². The zero-order valence-corrected chi connectivity index (χ0v) is 24.8. The van der Waals surface area contributed by atoms with Crippen LogP contribution in [0.1, 0.15) is 56.7 Å². The largest absolute Gasteiger partial charge is 0.478 e. The van der Waals surface area contributed by atoms with E-state index in [0.717, 1.165) is 5.56 Å². The average Bonchev–Trinajstić information content (AvgIpc) is 3.06. The summed E-state index contributed by atoms with van der Waals surface area (Å²) in [5, 5.41) is 21.2. The van der Waals surface area contributed by atoms with Gasteiger partial charge in [-0.05, 0) is 35.4 Å². The van der Waals surface area contributed by atoms with Crippen molar-refractivity contribution in [2.45, 2.75) is 36.9 Å². The van der Waals surface area contributed by atoms with Crippen molar-refractivity contribution in [2.75, 3.05) is 11.1 Å². The van der Waals surface area contributed by atoms with Crippen LogP contribution in [0.25, 0.3) is 0 Å². The number of carbonyl (C=O) groups excluding carboxylic acids is 1. The molecule has 1 amide bonds. The van der Waals surface area contributed by atoms with Gasteiger partial charge in [0.2, 0.25) is 5.82 Å². The van der Waals surface area contributed by atoms with Crippen LogP contribution in [0, 0.1) is 35.0 Å². The van der Waals surface area contributed by atoms with Crippen molar-refractivity contribution >= 4 is 29.3 Å². The minimum atomic E-state index is -2.37. The fourth-order valence-electron chi connectivity index (χ4n) is 4.97. The fraction of sp³-hybridized carbons (Fsp3) is 0.212. The van der Waals surface area contributed by atoms with Crippen molar-refractivity contribution in [3.05, 3.63) is 130 Å². The Morgan fingerprint density at radius 2 is 1.39 bits per heavy atom. The van der Waals surface area contributed by atoms with Gasteiger partial charge in [0.15, 0.2) is 29.6 Å². The molecule has 1 saturated heterocycles. The van der Waals surface area contributed by atoms with Gasteiger partial charge in [-0.2, -0.15) is 0 Å². The van der Waals surface area contributed by atoms with Gasteiger partial charge in [-0.3, -0.25) is 4.79 Å². The molecule has 4 aromatic carbocycles. The Morgan fingerprint density at radius 3 is 2.00 bits per heavy atom. The number of benzene rings is 4. The van der Waals surface area contributed by atoms with Crippen LogP contribution in [0.2, 0.25) is 0 Å². The van der Waals surface area contributed by atoms with Crippen LogP contribution in [-0.2, 0) is 16.1 Å². The minimum absolute atomic E-state index is 0.00426. The van der Waals surface area contributed by atoms with Crippen LogP contribution in [0.5, 0.6) is 0 Å². The molecule has 0 bridgehead atoms. The molecule has 4 unspecified atom stereocenters. The van der Waals surface area contributed by atoms with Crippen LogP contribution < -0.4 is 5.32 Å². The first-order valence-corrected chi connectivity index (χ1v) is 14.9. The van der Waals surface area contributed by atoms with Crippen LogP contribution >= 0.6 is 11.8 Å². The van der Waals surface area contributed by atoms with Crippen molar-refractivity contribution in [3.8, 4) is 0 Å². The Labute approximate surface area is 264 Å². The van der Waals surface area contributed by atoms with Gasteiger partial charge in [-0.25, -0.2) is 26.7 Å². The molecular formula is C33H26F5NO6S. The lowest BCUT2D eigenvalue weighted by molar-refractivity contribution is -0.268. The lowest BCUT2D eigenvalue weighted by atomic mass is 9.91. The molecule has 4 atom stereocenters. The predicted octanol–water partition coefficient (Wildman–Crippen LogP) is 7.41. The van der Waals surface area contributed by atoms with Crippen LogP contribution in [0.4, 0.5) is 27.6 Å². The summed E-state index contributed by atoms with van der Waals surface area (Å²) in [5.41, 5.74) is 0.540. The lowest BCUT2D eigenvalue weighted by Crippen LogP contribution is -2.38. The molecule has 240 valence electrons. The van der Waals surface area contributed by atoms with Crippen molar-refractivity contribution in [2.24, 2.45) is 5.92 Å². The molecule has 3 N–H and O–H groups in total. The fourth-order valence-corrected chi connectivity index (χ4v) is 6.18. The van der Waals surface area contributed by atoms with E-state index in [0.29, 0.717) is 21.8 Å². The van der Waals surface area contributed by atoms with Gasteiger partial charge in [0.1, 0.15) is 5.56 Å². The molecule has 0 spiro atoms. The number of hydrogen-bond acceptors (Lipinski definition) is 6. The number of aliphatic hydroxyl groups excluding tert-OH is 1. The highest BCUT2D eigenvalue weighted by Gasteiger charge is 2.38. The summed E-state index contributed by atoms with van der Waals surface area (Å²) in [6.07, 6.45) is -1.87. The van der Waals surface area contributed by atoms with E-state index in [1.165, 1.54) is 42.1 Å². The van der Waals surface area contributed by atoms with E-state index in [-0.39, 0.29) is 23.8 Å². The zero-order valence-electron chi connectivity index (χ0n) is 24.0. The van der Waals surface area contributed by atoms with Gasteiger partial charge in [-0.15, -0.1) is 11.8 Å². The summed E-state index contributed by atoms with van der Waals surface area (Å²) in [6.45, 7) is 1.80. The number of anilines is 1. The van der Waals surface area contributed by atoms with Crippen LogP contribution in [0.3, 0.4) is 0 Å². The quantitative estimate of drug-likeness (QED) is 0.0744. The number of carboxylic acids is 1. The Morgan fingerprint density at radius 1 is 0.804 bits per heavy atom. The van der Waals surface area contributed by atoms with Crippen molar-refractivity contribution < 1.29 is 51.2 Å². The summed E-state index contributed by atoms with van der Waals surface area (Å²) < 4.78 is 81.5. The highest BCUT2D eigenvalue weighted by Crippen LogP contribution is 2.43. The molecule has 13 heteroatoms. The van der Waals surface area contributed by atoms with Crippen LogP contribution in [0.15, 0.2) is 77.7 Å². The third-order valence-electron chi connectivity index (χ3n) is 7.52. The molecule has 0 aliphatic carbocycles. The van der Waals surface area contributed by atoms with Gasteiger partial charge >= 0.3 is 5.97 Å². The minimum Gasteiger partial charge on any atom is -0.478 e. The average molecular weight is 660 g/mol. The number of amides is 1. The lowest BCUT2D eigenvalue weighted by Gasteiger charge is -2.41. The number of ether oxygens (including phenoxy) is 2. The Bertz CT molecular complexity index is 1730. The number of aliphatic hydroxyl groups is 1. The number of carbonyl (C=O) groups is 2. The van der Waals surface area contributed by atoms with Crippen molar-refractivity contribution in [1.29, 1.82) is 0 Å². The summed E-state index contributed by atoms with van der Waals surface area (Å²) in [6, 6.07) is 19.5. The summed E-state index contributed by atoms with van der Waals surface area (Å²) >= 11 is 1.32. The van der Waals surface area contributed by atoms with Gasteiger partial charge in [0.25, 0.3) is 5.91 Å². The van der Waals surface area contributed by atoms with E-state index in [2.05, 4.69) is 5.32 Å². The van der Waals surface area contributed by atoms with E-state index in [1.54, 1.807) is 30.3 Å². The highest BCUT2D eigenvalue weighted by molar-refractivity contribution is 7.99. The van der Waals surface area contributed by atoms with E-state index in [9.17, 15) is 41.8 Å². The molecule has 0 radical (unpaired) electrons. The second-order valence-electron chi connectivity index (χ2n) is 10.5. The van der Waals surface area contributed by atoms with E-state index in [4.69, 9.17) is 9.47 Å². The number of halogens is 5. The van der Waals surface area contributed by atoms with Crippen molar-refractivity contribution in [1.82, 2.24) is 0 Å². The number of aromatic carboxylic acids is 1. The Kier molecular flexibility index (Phi) is 10.1. The smallest absolute Gasteiger partial charge is 0.336 e. The first-order valence-electron chi connectivity index (χ1n) is 13.9. The maximum Gasteiger partial charge on any atom is 0.336 e. The number of hydrogen-bond donors (Lipinski definition) is 3. The molecule has 0 saturated carbocycles. The maximum atomic E-state index is 14.1.